The third-order valence-corrected chi connectivity index (χ3v) is 1.02. The van der Waals surface area contributed by atoms with E-state index in [4.69, 9.17) is 11.6 Å². The molecule has 6 heteroatoms. The molecule has 1 amide bonds. The summed E-state index contributed by atoms with van der Waals surface area (Å²) in [5.74, 6) is 4.66. The molecule has 1 aromatic rings. The Morgan fingerprint density at radius 1 is 1.80 bits per heavy atom. The summed E-state index contributed by atoms with van der Waals surface area (Å²) >= 11 is 0. The van der Waals surface area contributed by atoms with E-state index >= 15 is 0 Å². The molecule has 10 heavy (non-hydrogen) atoms. The molecule has 0 unspecified atom stereocenters. The first-order valence-electron chi connectivity index (χ1n) is 2.55. The first-order valence-corrected chi connectivity index (χ1v) is 2.55. The largest absolute Gasteiger partial charge is 0.364 e. The molecule has 0 atom stereocenters. The van der Waals surface area contributed by atoms with Crippen LogP contribution >= 0.6 is 0 Å². The maximum atomic E-state index is 10.5. The van der Waals surface area contributed by atoms with Gasteiger partial charge in [0.1, 0.15) is 5.69 Å². The number of nitrogen functional groups attached to an aromatic ring is 1. The van der Waals surface area contributed by atoms with Crippen molar-refractivity contribution in [1.29, 1.82) is 0 Å². The van der Waals surface area contributed by atoms with E-state index in [-0.39, 0.29) is 11.5 Å². The molecule has 6 N–H and O–H groups in total. The molecule has 0 spiro atoms. The number of carbonyl (C=O) groups is 1. The van der Waals surface area contributed by atoms with Crippen molar-refractivity contribution >= 4 is 11.7 Å². The maximum absolute atomic E-state index is 10.5. The maximum Gasteiger partial charge on any atom is 0.269 e. The summed E-state index contributed by atoms with van der Waals surface area (Å²) in [7, 11) is 0. The Bertz CT molecular complexity index is 242. The van der Waals surface area contributed by atoms with Crippen molar-refractivity contribution in [1.82, 2.24) is 9.97 Å². The van der Waals surface area contributed by atoms with Crippen molar-refractivity contribution in [2.45, 2.75) is 0 Å². The van der Waals surface area contributed by atoms with Crippen LogP contribution in [-0.2, 0) is 0 Å². The second-order valence-electron chi connectivity index (χ2n) is 1.63. The molecule has 0 saturated carbocycles. The van der Waals surface area contributed by atoms with E-state index in [1.807, 2.05) is 0 Å². The van der Waals surface area contributed by atoms with Crippen LogP contribution in [0.15, 0.2) is 6.33 Å². The first-order chi connectivity index (χ1) is 4.75. The number of rotatable bonds is 2. The number of anilines is 1. The fourth-order valence-corrected chi connectivity index (χ4v) is 0.592. The smallest absolute Gasteiger partial charge is 0.269 e. The highest BCUT2D eigenvalue weighted by Crippen LogP contribution is 2.04. The van der Waals surface area contributed by atoms with E-state index in [0.717, 1.165) is 0 Å². The quantitative estimate of drug-likeness (QED) is 0.306. The Labute approximate surface area is 56.6 Å². The molecular weight excluding hydrogens is 134 g/mol. The minimum atomic E-state index is -0.592. The number of amides is 1. The minimum absolute atomic E-state index is 0.183. The molecule has 0 aliphatic rings. The van der Waals surface area contributed by atoms with Crippen LogP contribution in [0.5, 0.6) is 0 Å². The number of nitrogens with one attached hydrogen (secondary N) is 2. The van der Waals surface area contributed by atoms with Crippen LogP contribution in [0.3, 0.4) is 0 Å². The van der Waals surface area contributed by atoms with Crippen LogP contribution < -0.4 is 17.0 Å². The van der Waals surface area contributed by atoms with Gasteiger partial charge >= 0.3 is 0 Å². The summed E-state index contributed by atoms with van der Waals surface area (Å²) in [4.78, 5) is 16.7. The third kappa shape index (κ3) is 0.914. The minimum Gasteiger partial charge on any atom is -0.364 e. The number of H-pyrrole nitrogens is 1. The second kappa shape index (κ2) is 2.36. The van der Waals surface area contributed by atoms with Gasteiger partial charge in [-0.05, 0) is 0 Å². The molecule has 0 aliphatic heterocycles. The molecule has 0 saturated heterocycles. The average molecular weight is 141 g/mol. The van der Waals surface area contributed by atoms with Gasteiger partial charge in [0.25, 0.3) is 5.91 Å². The number of nitrogens with zero attached hydrogens (tertiary/aromatic N) is 1. The predicted molar refractivity (Wildman–Crippen MR) is 34.9 cm³/mol. The molecule has 54 valence electrons. The lowest BCUT2D eigenvalue weighted by Gasteiger charge is -1.94. The van der Waals surface area contributed by atoms with E-state index in [2.05, 4.69) is 15.4 Å². The third-order valence-electron chi connectivity index (χ3n) is 1.02. The Balaban J connectivity index is 3.01. The zero-order chi connectivity index (χ0) is 7.56. The molecular formula is C4H7N5O. The zero-order valence-electron chi connectivity index (χ0n) is 5.09. The molecule has 0 aliphatic carbocycles. The molecule has 0 fully saturated rings. The zero-order valence-corrected chi connectivity index (χ0v) is 5.09. The van der Waals surface area contributed by atoms with Crippen LogP contribution in [0.4, 0.5) is 5.82 Å². The van der Waals surface area contributed by atoms with E-state index in [1.165, 1.54) is 6.33 Å². The van der Waals surface area contributed by atoms with Crippen molar-refractivity contribution in [2.24, 2.45) is 11.6 Å². The van der Waals surface area contributed by atoms with Gasteiger partial charge in [-0.25, -0.2) is 10.8 Å². The highest BCUT2D eigenvalue weighted by Gasteiger charge is 2.07. The average Bonchev–Trinajstić information content (AvgIpc) is 2.33. The summed E-state index contributed by atoms with van der Waals surface area (Å²) in [6, 6.07) is 0. The summed E-state index contributed by atoms with van der Waals surface area (Å²) in [6.45, 7) is 0. The molecule has 6 nitrogen and oxygen atoms in total. The summed E-state index contributed by atoms with van der Waals surface area (Å²) in [6.07, 6.45) is 1.33. The lowest BCUT2D eigenvalue weighted by atomic mass is 10.4. The van der Waals surface area contributed by atoms with Gasteiger partial charge < -0.3 is 16.1 Å². The van der Waals surface area contributed by atoms with E-state index < -0.39 is 5.91 Å². The van der Waals surface area contributed by atoms with Crippen LogP contribution in [0, 0.1) is 0 Å². The first kappa shape index (κ1) is 6.56. The summed E-state index contributed by atoms with van der Waals surface area (Å²) in [5.41, 5.74) is 7.33. The number of hydrogen-bond donors (Lipinski definition) is 4. The number of hydrogen-bond acceptors (Lipinski definition) is 4. The molecule has 0 radical (unpaired) electrons. The van der Waals surface area contributed by atoms with Crippen molar-refractivity contribution < 1.29 is 4.79 Å². The van der Waals surface area contributed by atoms with Gasteiger partial charge in [0.2, 0.25) is 0 Å². The van der Waals surface area contributed by atoms with Crippen LogP contribution in [0.1, 0.15) is 10.5 Å². The Kier molecular flexibility index (Phi) is 1.55. The van der Waals surface area contributed by atoms with Crippen LogP contribution in [-0.4, -0.2) is 15.9 Å². The van der Waals surface area contributed by atoms with E-state index in [1.54, 1.807) is 0 Å². The van der Waals surface area contributed by atoms with Gasteiger partial charge in [-0.2, -0.15) is 0 Å². The molecule has 1 heterocycles. The van der Waals surface area contributed by atoms with Crippen LogP contribution in [0.25, 0.3) is 0 Å². The molecule has 1 aromatic heterocycles. The molecule has 0 aromatic carbocycles. The Hall–Kier alpha value is -1.56. The molecule has 0 bridgehead atoms. The Morgan fingerprint density at radius 2 is 2.50 bits per heavy atom. The number of imidazole rings is 1. The van der Waals surface area contributed by atoms with Crippen molar-refractivity contribution in [3.8, 4) is 0 Å². The normalized spacial score (nSPS) is 9.30. The topological polar surface area (TPSA) is 110 Å². The van der Waals surface area contributed by atoms with Gasteiger partial charge in [0, 0.05) is 0 Å². The predicted octanol–water partition coefficient (Wildman–Crippen LogP) is -1.21. The van der Waals surface area contributed by atoms with Crippen molar-refractivity contribution in [3.63, 3.8) is 0 Å². The highest BCUT2D eigenvalue weighted by molar-refractivity contribution is 5.95. The van der Waals surface area contributed by atoms with Gasteiger partial charge in [0.05, 0.1) is 6.33 Å². The van der Waals surface area contributed by atoms with Gasteiger partial charge in [-0.15, -0.1) is 0 Å². The van der Waals surface area contributed by atoms with Gasteiger partial charge in [-0.3, -0.25) is 4.79 Å². The standard InChI is InChI=1S/C4H7N5O/c5-3(10)2-4(9-6)8-1-7-2/h1,9H,6H2,(H2,5,10)(H,7,8). The van der Waals surface area contributed by atoms with E-state index in [0.29, 0.717) is 0 Å². The SMILES string of the molecule is NNc1nc[nH]c1C(N)=O. The molecule has 1 rings (SSSR count). The number of aromatic nitrogens is 2. The summed E-state index contributed by atoms with van der Waals surface area (Å²) < 4.78 is 0. The van der Waals surface area contributed by atoms with Crippen molar-refractivity contribution in [3.05, 3.63) is 12.0 Å². The lowest BCUT2D eigenvalue weighted by molar-refractivity contribution is 0.0997. The number of nitrogens with two attached hydrogens (primary N) is 2. The Morgan fingerprint density at radius 3 is 2.90 bits per heavy atom. The monoisotopic (exact) mass is 141 g/mol. The lowest BCUT2D eigenvalue weighted by Crippen LogP contribution is -2.17. The highest BCUT2D eigenvalue weighted by atomic mass is 16.1. The van der Waals surface area contributed by atoms with Crippen LogP contribution in [0.2, 0.25) is 0 Å². The van der Waals surface area contributed by atoms with Gasteiger partial charge in [0.15, 0.2) is 5.82 Å². The van der Waals surface area contributed by atoms with Crippen molar-refractivity contribution in [2.75, 3.05) is 5.43 Å². The number of primary amides is 1. The number of hydrazine groups is 1. The summed E-state index contributed by atoms with van der Waals surface area (Å²) in [5, 5.41) is 0. The fraction of sp³-hybridized carbons (Fsp3) is 0. The van der Waals surface area contributed by atoms with Gasteiger partial charge in [-0.1, -0.05) is 0 Å². The number of carbonyl (C=O) groups excluding carboxylic acids is 1. The fourth-order valence-electron chi connectivity index (χ4n) is 0.592. The second-order valence-corrected chi connectivity index (χ2v) is 1.63. The number of aromatic amines is 1. The van der Waals surface area contributed by atoms with E-state index in [9.17, 15) is 4.79 Å².